The predicted molar refractivity (Wildman–Crippen MR) is 346 cm³/mol. The smallest absolute Gasteiger partial charge is 0.423 e. The highest BCUT2D eigenvalue weighted by Crippen LogP contribution is 2.42. The minimum absolute atomic E-state index is 0. The zero-order valence-electron chi connectivity index (χ0n) is 41.5. The van der Waals surface area contributed by atoms with Crippen LogP contribution in [0.4, 0.5) is 0 Å². The summed E-state index contributed by atoms with van der Waals surface area (Å²) in [5.74, 6) is 0. The van der Waals surface area contributed by atoms with E-state index in [-0.39, 0.29) is 14.9 Å². The van der Waals surface area contributed by atoms with Crippen LogP contribution in [0.3, 0.4) is 0 Å². The number of halogens is 1. The summed E-state index contributed by atoms with van der Waals surface area (Å²) in [6.45, 7) is 0. The summed E-state index contributed by atoms with van der Waals surface area (Å²) < 4.78 is 5.14. The van der Waals surface area contributed by atoms with E-state index < -0.39 is 7.12 Å². The second kappa shape index (κ2) is 21.7. The molecule has 0 unspecified atom stereocenters. The van der Waals surface area contributed by atoms with Gasteiger partial charge in [-0.15, -0.1) is 22.7 Å². The molecule has 0 spiro atoms. The molecule has 0 bridgehead atoms. The van der Waals surface area contributed by atoms with Gasteiger partial charge in [-0.2, -0.15) is 0 Å². The lowest BCUT2D eigenvalue weighted by Gasteiger charge is -2.11. The van der Waals surface area contributed by atoms with E-state index in [4.69, 9.17) is 21.6 Å². The number of hydrogen-bond acceptors (Lipinski definition) is 8. The van der Waals surface area contributed by atoms with Crippen LogP contribution >= 0.6 is 34.3 Å². The summed E-state index contributed by atoms with van der Waals surface area (Å²) in [5.41, 5.74) is 10.7. The van der Waals surface area contributed by atoms with Crippen LogP contribution in [-0.2, 0) is 0 Å². The van der Waals surface area contributed by atoms with Crippen LogP contribution in [0.25, 0.3) is 139 Å². The molecule has 2 N–H and O–H groups in total. The molecule has 0 aliphatic carbocycles. The van der Waals surface area contributed by atoms with Gasteiger partial charge in [0.1, 0.15) is 5.15 Å². The molecule has 0 saturated heterocycles. The van der Waals surface area contributed by atoms with Gasteiger partial charge in [0.2, 0.25) is 0 Å². The van der Waals surface area contributed by atoms with Gasteiger partial charge >= 0.3 is 7.12 Å². The molecule has 0 radical (unpaired) electrons. The summed E-state index contributed by atoms with van der Waals surface area (Å²) >= 11 is 9.63. The van der Waals surface area contributed by atoms with E-state index in [0.29, 0.717) is 10.6 Å². The fourth-order valence-electron chi connectivity index (χ4n) is 11.0. The monoisotopic (exact) mass is 1090 g/mol. The lowest BCUT2D eigenvalue weighted by molar-refractivity contribution is 0.426. The van der Waals surface area contributed by atoms with Gasteiger partial charge in [0.05, 0.1) is 40.2 Å². The van der Waals surface area contributed by atoms with Crippen LogP contribution in [0.5, 0.6) is 0 Å². The first-order valence-corrected chi connectivity index (χ1v) is 27.6. The number of hydrogen-bond donors (Lipinski definition) is 2. The van der Waals surface area contributed by atoms with Crippen LogP contribution in [0.15, 0.2) is 243 Å². The maximum absolute atomic E-state index is 9.38. The molecule has 0 fully saturated rings. The van der Waals surface area contributed by atoms with E-state index in [1.54, 1.807) is 23.6 Å². The molecule has 10 heteroatoms. The van der Waals surface area contributed by atoms with Gasteiger partial charge in [-0.1, -0.05) is 239 Å². The highest BCUT2D eigenvalue weighted by Gasteiger charge is 2.17. The van der Waals surface area contributed by atoms with E-state index in [9.17, 15) is 10.0 Å². The number of aromatic nitrogens is 4. The third kappa shape index (κ3) is 9.15. The molecule has 80 heavy (non-hydrogen) atoms. The molecule has 16 aromatic rings. The number of thiophene rings is 2. The van der Waals surface area contributed by atoms with Gasteiger partial charge in [0.25, 0.3) is 0 Å². The Hall–Kier alpha value is -8.93. The topological polar surface area (TPSA) is 92.0 Å². The van der Waals surface area contributed by atoms with Crippen molar-refractivity contribution < 1.29 is 10.0 Å². The Morgan fingerprint density at radius 2 is 0.713 bits per heavy atom. The summed E-state index contributed by atoms with van der Waals surface area (Å²) in [5, 5.41) is 33.6. The summed E-state index contributed by atoms with van der Waals surface area (Å²) in [6.07, 6.45) is 3.52. The summed E-state index contributed by atoms with van der Waals surface area (Å²) in [7, 11) is -1.44. The van der Waals surface area contributed by atoms with Gasteiger partial charge in [0.15, 0.2) is 0 Å². The first kappa shape index (κ1) is 51.8. The van der Waals surface area contributed by atoms with E-state index in [1.807, 2.05) is 60.0 Å². The minimum Gasteiger partial charge on any atom is -0.423 e. The van der Waals surface area contributed by atoms with E-state index in [0.717, 1.165) is 66.0 Å². The fourth-order valence-corrected chi connectivity index (χ4v) is 13.6. The fraction of sp³-hybridized carbons (Fsp3) is 0.0286. The Morgan fingerprint density at radius 1 is 0.338 bits per heavy atom. The molecule has 0 aliphatic heterocycles. The Balaban J connectivity index is 0.000000127. The van der Waals surface area contributed by atoms with Crippen molar-refractivity contribution in [2.45, 2.75) is 14.9 Å². The highest BCUT2D eigenvalue weighted by atomic mass is 35.5. The Labute approximate surface area is 475 Å². The molecule has 0 atom stereocenters. The molecule has 0 aliphatic rings. The quantitative estimate of drug-likeness (QED) is 0.135. The first-order chi connectivity index (χ1) is 38.4. The number of benzene rings is 12. The van der Waals surface area contributed by atoms with Crippen LogP contribution in [0, 0.1) is 0 Å². The van der Waals surface area contributed by atoms with Crippen molar-refractivity contribution in [3.63, 3.8) is 0 Å². The third-order valence-electron chi connectivity index (χ3n) is 14.6. The van der Waals surface area contributed by atoms with Crippen molar-refractivity contribution in [1.29, 1.82) is 0 Å². The van der Waals surface area contributed by atoms with Gasteiger partial charge in [0, 0.05) is 67.5 Å². The van der Waals surface area contributed by atoms with Crippen LogP contribution in [-0.4, -0.2) is 37.1 Å². The number of rotatable bonds is 4. The average molecular weight is 1090 g/mol. The maximum Gasteiger partial charge on any atom is 0.488 e. The van der Waals surface area contributed by atoms with E-state index in [2.05, 4.69) is 192 Å². The zero-order valence-corrected chi connectivity index (χ0v) is 43.9. The summed E-state index contributed by atoms with van der Waals surface area (Å²) in [4.78, 5) is 19.1. The van der Waals surface area contributed by atoms with Crippen molar-refractivity contribution in [3.05, 3.63) is 248 Å². The van der Waals surface area contributed by atoms with Crippen molar-refractivity contribution in [2.24, 2.45) is 0 Å². The van der Waals surface area contributed by atoms with Gasteiger partial charge in [-0.3, -0.25) is 9.97 Å². The van der Waals surface area contributed by atoms with Crippen molar-refractivity contribution in [1.82, 2.24) is 19.9 Å². The second-order valence-corrected chi connectivity index (χ2v) is 21.7. The molecule has 0 amide bonds. The molecular weight excluding hydrogens is 1040 g/mol. The Morgan fingerprint density at radius 3 is 1.21 bits per heavy atom. The van der Waals surface area contributed by atoms with Crippen molar-refractivity contribution >= 4 is 152 Å². The minimum atomic E-state index is -1.44. The van der Waals surface area contributed by atoms with Crippen molar-refractivity contribution in [3.8, 4) is 33.5 Å². The molecule has 16 rings (SSSR count). The summed E-state index contributed by atoms with van der Waals surface area (Å²) in [6, 6.07) is 79.5. The van der Waals surface area contributed by atoms with Gasteiger partial charge in [-0.05, 0) is 67.5 Å². The first-order valence-electron chi connectivity index (χ1n) is 25.6. The van der Waals surface area contributed by atoms with E-state index >= 15 is 0 Å². The number of fused-ring (bicyclic) bond motifs is 18. The maximum atomic E-state index is 9.38. The molecule has 12 aromatic carbocycles. The molecular formula is C70H50BClN4O2S2. The largest absolute Gasteiger partial charge is 0.488 e. The third-order valence-corrected chi connectivity index (χ3v) is 17.2. The predicted octanol–water partition coefficient (Wildman–Crippen LogP) is 18.9. The lowest BCUT2D eigenvalue weighted by atomic mass is 9.79. The van der Waals surface area contributed by atoms with E-state index in [1.165, 1.54) is 73.0 Å². The standard InChI is InChI=1S/C34H20N2S.C18H13BO2S.C16H9ClN2.2CH4/c1-3-14-27-24(11-1)25-12-2-4-15-28(25)33-32(27)35-20-30(36-33)22-10-7-9-21(19-22)23-16-8-17-29-26-13-5-6-18-31(26)37-34(23)29;20-19(21)13-6-3-5-12(11-13)14-8-4-9-16-15-7-1-2-10-17(15)22-18(14)16;17-14-9-18-15-12-7-3-1-5-10(12)11-6-2-4-8-13(11)16(15)19-14;;/h1-20H;1-11,20-21H;1-9H;2*1H4. The molecule has 4 heterocycles. The van der Waals surface area contributed by atoms with Crippen molar-refractivity contribution in [2.75, 3.05) is 0 Å². The molecule has 6 nitrogen and oxygen atoms in total. The zero-order chi connectivity index (χ0) is 52.3. The molecule has 384 valence electrons. The molecule has 0 saturated carbocycles. The molecule has 4 aromatic heterocycles. The second-order valence-electron chi connectivity index (χ2n) is 19.2. The Bertz CT molecular complexity index is 4950. The normalized spacial score (nSPS) is 11.2. The lowest BCUT2D eigenvalue weighted by Crippen LogP contribution is -2.29. The van der Waals surface area contributed by atoms with Gasteiger partial charge < -0.3 is 10.0 Å². The van der Waals surface area contributed by atoms with Gasteiger partial charge in [-0.25, -0.2) is 9.97 Å². The van der Waals surface area contributed by atoms with Crippen LogP contribution in [0.2, 0.25) is 5.15 Å². The van der Waals surface area contributed by atoms with Crippen LogP contribution < -0.4 is 5.46 Å². The number of nitrogens with zero attached hydrogens (tertiary/aromatic N) is 4. The average Bonchev–Trinajstić information content (AvgIpc) is 4.11. The SMILES string of the molecule is C.C.Clc1cnc2c3ccccc3c3ccccc3c2n1.OB(O)c1cccc(-c2cccc3c2sc2ccccc23)c1.c1cc(-c2cnc3c4ccccc4c4ccccc4c3n2)cc(-c2cccc3c2sc2ccccc23)c1. The highest BCUT2D eigenvalue weighted by molar-refractivity contribution is 7.26. The van der Waals surface area contributed by atoms with Crippen LogP contribution in [0.1, 0.15) is 14.9 Å². The Kier molecular flexibility index (Phi) is 14.1.